The van der Waals surface area contributed by atoms with Crippen molar-refractivity contribution in [1.82, 2.24) is 10.2 Å². The quantitative estimate of drug-likeness (QED) is 0.198. The molecular formula is C25H52N2O. The van der Waals surface area contributed by atoms with Crippen molar-refractivity contribution >= 4 is 5.91 Å². The van der Waals surface area contributed by atoms with Crippen LogP contribution < -0.4 is 5.32 Å². The Bertz CT molecular complexity index is 312. The standard InChI is InChI=1S/C25H52N2O/c1-4-7-10-11-12-13-14-15-16-17-18-19-21-26-25(28)20-24-27(22-8-5-2)23-9-6-3/h4-24H2,1-3H3,(H,26,28). The highest BCUT2D eigenvalue weighted by Gasteiger charge is 2.07. The molecule has 0 aromatic rings. The predicted molar refractivity (Wildman–Crippen MR) is 125 cm³/mol. The molecule has 0 heterocycles. The van der Waals surface area contributed by atoms with Gasteiger partial charge in [-0.15, -0.1) is 0 Å². The number of nitrogens with one attached hydrogen (secondary N) is 1. The summed E-state index contributed by atoms with van der Waals surface area (Å²) < 4.78 is 0. The summed E-state index contributed by atoms with van der Waals surface area (Å²) in [5, 5.41) is 3.12. The van der Waals surface area contributed by atoms with Crippen molar-refractivity contribution in [3.05, 3.63) is 0 Å². The van der Waals surface area contributed by atoms with Gasteiger partial charge >= 0.3 is 0 Å². The molecule has 3 heteroatoms. The van der Waals surface area contributed by atoms with E-state index < -0.39 is 0 Å². The largest absolute Gasteiger partial charge is 0.356 e. The van der Waals surface area contributed by atoms with Crippen LogP contribution in [0.25, 0.3) is 0 Å². The van der Waals surface area contributed by atoms with E-state index in [1.807, 2.05) is 0 Å². The summed E-state index contributed by atoms with van der Waals surface area (Å²) in [7, 11) is 0. The van der Waals surface area contributed by atoms with Crippen molar-refractivity contribution in [2.24, 2.45) is 0 Å². The Morgan fingerprint density at radius 1 is 0.571 bits per heavy atom. The average Bonchev–Trinajstić information content (AvgIpc) is 2.70. The van der Waals surface area contributed by atoms with Gasteiger partial charge in [0, 0.05) is 19.5 Å². The SMILES string of the molecule is CCCCCCCCCCCCCCNC(=O)CCN(CCCC)CCCC. The highest BCUT2D eigenvalue weighted by Crippen LogP contribution is 2.11. The fourth-order valence-electron chi connectivity index (χ4n) is 3.64. The van der Waals surface area contributed by atoms with E-state index >= 15 is 0 Å². The number of nitrogens with zero attached hydrogens (tertiary/aromatic N) is 1. The van der Waals surface area contributed by atoms with Crippen LogP contribution in [-0.2, 0) is 4.79 Å². The molecule has 0 aliphatic rings. The summed E-state index contributed by atoms with van der Waals surface area (Å²) in [5.41, 5.74) is 0. The molecule has 0 radical (unpaired) electrons. The van der Waals surface area contributed by atoms with Gasteiger partial charge in [-0.2, -0.15) is 0 Å². The molecule has 28 heavy (non-hydrogen) atoms. The number of amides is 1. The molecule has 0 fully saturated rings. The topological polar surface area (TPSA) is 32.3 Å². The summed E-state index contributed by atoms with van der Waals surface area (Å²) >= 11 is 0. The maximum atomic E-state index is 12.1. The fourth-order valence-corrected chi connectivity index (χ4v) is 3.64. The third kappa shape index (κ3) is 20.2. The van der Waals surface area contributed by atoms with E-state index in [9.17, 15) is 4.79 Å². The molecule has 168 valence electrons. The van der Waals surface area contributed by atoms with Crippen LogP contribution in [-0.4, -0.2) is 37.0 Å². The molecule has 0 aromatic carbocycles. The van der Waals surface area contributed by atoms with Crippen molar-refractivity contribution in [3.8, 4) is 0 Å². The molecule has 0 atom stereocenters. The molecule has 0 unspecified atom stereocenters. The van der Waals surface area contributed by atoms with E-state index in [1.165, 1.54) is 96.3 Å². The predicted octanol–water partition coefficient (Wildman–Crippen LogP) is 7.10. The summed E-state index contributed by atoms with van der Waals surface area (Å²) in [5.74, 6) is 0.237. The Hall–Kier alpha value is -0.570. The zero-order chi connectivity index (χ0) is 20.7. The summed E-state index contributed by atoms with van der Waals surface area (Å²) in [6.45, 7) is 10.8. The van der Waals surface area contributed by atoms with Crippen molar-refractivity contribution in [2.45, 2.75) is 130 Å². The van der Waals surface area contributed by atoms with Crippen LogP contribution in [0.1, 0.15) is 130 Å². The van der Waals surface area contributed by atoms with Gasteiger partial charge < -0.3 is 10.2 Å². The molecule has 1 amide bonds. The number of rotatable bonds is 22. The summed E-state index contributed by atoms with van der Waals surface area (Å²) in [6, 6.07) is 0. The molecule has 0 aliphatic heterocycles. The molecule has 0 aliphatic carbocycles. The van der Waals surface area contributed by atoms with Crippen LogP contribution >= 0.6 is 0 Å². The fraction of sp³-hybridized carbons (Fsp3) is 0.960. The van der Waals surface area contributed by atoms with E-state index in [0.29, 0.717) is 6.42 Å². The van der Waals surface area contributed by atoms with Crippen molar-refractivity contribution in [2.75, 3.05) is 26.2 Å². The maximum Gasteiger partial charge on any atom is 0.221 e. The van der Waals surface area contributed by atoms with Crippen molar-refractivity contribution in [3.63, 3.8) is 0 Å². The van der Waals surface area contributed by atoms with Gasteiger partial charge in [0.2, 0.25) is 5.91 Å². The van der Waals surface area contributed by atoms with Crippen LogP contribution in [0.3, 0.4) is 0 Å². The molecule has 0 rings (SSSR count). The lowest BCUT2D eigenvalue weighted by Gasteiger charge is -2.21. The van der Waals surface area contributed by atoms with Crippen molar-refractivity contribution < 1.29 is 4.79 Å². The Labute approximate surface area is 177 Å². The minimum absolute atomic E-state index is 0.237. The molecule has 0 spiro atoms. The molecule has 0 bridgehead atoms. The lowest BCUT2D eigenvalue weighted by atomic mass is 10.1. The first-order valence-corrected chi connectivity index (χ1v) is 12.7. The van der Waals surface area contributed by atoms with E-state index in [4.69, 9.17) is 0 Å². The lowest BCUT2D eigenvalue weighted by molar-refractivity contribution is -0.121. The van der Waals surface area contributed by atoms with Gasteiger partial charge in [0.15, 0.2) is 0 Å². The van der Waals surface area contributed by atoms with Gasteiger partial charge in [0.05, 0.1) is 0 Å². The number of carbonyl (C=O) groups is 1. The molecule has 0 saturated carbocycles. The van der Waals surface area contributed by atoms with Crippen LogP contribution in [0.15, 0.2) is 0 Å². The number of hydrogen-bond donors (Lipinski definition) is 1. The van der Waals surface area contributed by atoms with E-state index in [0.717, 1.165) is 32.6 Å². The minimum Gasteiger partial charge on any atom is -0.356 e. The second-order valence-corrected chi connectivity index (χ2v) is 8.54. The zero-order valence-electron chi connectivity index (χ0n) is 19.7. The van der Waals surface area contributed by atoms with Gasteiger partial charge in [-0.1, -0.05) is 104 Å². The van der Waals surface area contributed by atoms with Crippen LogP contribution in [0, 0.1) is 0 Å². The lowest BCUT2D eigenvalue weighted by Crippen LogP contribution is -2.32. The van der Waals surface area contributed by atoms with Gasteiger partial charge in [-0.25, -0.2) is 0 Å². The Morgan fingerprint density at radius 3 is 1.46 bits per heavy atom. The van der Waals surface area contributed by atoms with E-state index in [1.54, 1.807) is 0 Å². The summed E-state index contributed by atoms with van der Waals surface area (Å²) in [4.78, 5) is 14.5. The molecule has 0 aromatic heterocycles. The molecule has 3 nitrogen and oxygen atoms in total. The third-order valence-electron chi connectivity index (χ3n) is 5.66. The Balaban J connectivity index is 3.43. The molecular weight excluding hydrogens is 344 g/mol. The maximum absolute atomic E-state index is 12.1. The number of hydrogen-bond acceptors (Lipinski definition) is 2. The second kappa shape index (κ2) is 22.7. The van der Waals surface area contributed by atoms with Crippen LogP contribution in [0.5, 0.6) is 0 Å². The van der Waals surface area contributed by atoms with Crippen LogP contribution in [0.4, 0.5) is 0 Å². The van der Waals surface area contributed by atoms with Gasteiger partial charge in [0.1, 0.15) is 0 Å². The van der Waals surface area contributed by atoms with Gasteiger partial charge in [0.25, 0.3) is 0 Å². The smallest absolute Gasteiger partial charge is 0.221 e. The Morgan fingerprint density at radius 2 is 1.00 bits per heavy atom. The second-order valence-electron chi connectivity index (χ2n) is 8.54. The Kier molecular flexibility index (Phi) is 22.3. The first-order chi connectivity index (χ1) is 13.7. The van der Waals surface area contributed by atoms with Crippen LogP contribution in [0.2, 0.25) is 0 Å². The minimum atomic E-state index is 0.237. The van der Waals surface area contributed by atoms with E-state index in [-0.39, 0.29) is 5.91 Å². The van der Waals surface area contributed by atoms with Gasteiger partial charge in [-0.3, -0.25) is 4.79 Å². The van der Waals surface area contributed by atoms with E-state index in [2.05, 4.69) is 31.0 Å². The monoisotopic (exact) mass is 396 g/mol. The van der Waals surface area contributed by atoms with Crippen molar-refractivity contribution in [1.29, 1.82) is 0 Å². The van der Waals surface area contributed by atoms with Gasteiger partial charge in [-0.05, 0) is 32.4 Å². The molecule has 0 saturated heterocycles. The number of unbranched alkanes of at least 4 members (excludes halogenated alkanes) is 13. The number of carbonyl (C=O) groups excluding carboxylic acids is 1. The zero-order valence-corrected chi connectivity index (χ0v) is 19.7. The average molecular weight is 397 g/mol. The molecule has 1 N–H and O–H groups in total. The summed E-state index contributed by atoms with van der Waals surface area (Å²) in [6.07, 6.45) is 22.0. The highest BCUT2D eigenvalue weighted by molar-refractivity contribution is 5.75. The third-order valence-corrected chi connectivity index (χ3v) is 5.66. The normalized spacial score (nSPS) is 11.3. The highest BCUT2D eigenvalue weighted by atomic mass is 16.1. The first kappa shape index (κ1) is 27.4. The first-order valence-electron chi connectivity index (χ1n) is 12.7.